The van der Waals surface area contributed by atoms with Gasteiger partial charge in [0.05, 0.1) is 5.54 Å². The number of aromatic amines is 1. The first-order valence-electron chi connectivity index (χ1n) is 6.23. The van der Waals surface area contributed by atoms with Crippen LogP contribution in [0.3, 0.4) is 0 Å². The van der Waals surface area contributed by atoms with E-state index < -0.39 is 11.4 Å². The van der Waals surface area contributed by atoms with E-state index >= 15 is 0 Å². The topological polar surface area (TPSA) is 120 Å². The number of rotatable bonds is 6. The molecule has 0 aromatic carbocycles. The third-order valence-corrected chi connectivity index (χ3v) is 4.23. The molecule has 5 N–H and O–H groups in total. The molecule has 1 aromatic rings. The van der Waals surface area contributed by atoms with Crippen molar-refractivity contribution >= 4 is 17.7 Å². The molecule has 7 nitrogen and oxygen atoms in total. The van der Waals surface area contributed by atoms with Crippen LogP contribution in [0.4, 0.5) is 0 Å². The standard InChI is InChI=1S/C11H19N5O2S/c1-6(5-11(2,13)8(12)17)19-10-15-14-9(18)16(10)7-3-4-7/h6-7H,3-5,13H2,1-2H3,(H2,12,17)(H,14,18). The molecule has 0 saturated heterocycles. The molecule has 1 amide bonds. The van der Waals surface area contributed by atoms with Gasteiger partial charge in [0.15, 0.2) is 5.16 Å². The lowest BCUT2D eigenvalue weighted by atomic mass is 9.97. The van der Waals surface area contributed by atoms with Crippen molar-refractivity contribution in [2.45, 2.75) is 55.1 Å². The molecule has 0 aliphatic heterocycles. The number of nitrogens with two attached hydrogens (primary N) is 2. The summed E-state index contributed by atoms with van der Waals surface area (Å²) < 4.78 is 1.68. The van der Waals surface area contributed by atoms with E-state index in [0.717, 1.165) is 12.8 Å². The van der Waals surface area contributed by atoms with Crippen molar-refractivity contribution in [2.75, 3.05) is 0 Å². The summed E-state index contributed by atoms with van der Waals surface area (Å²) in [7, 11) is 0. The molecule has 1 aromatic heterocycles. The van der Waals surface area contributed by atoms with Crippen molar-refractivity contribution in [1.29, 1.82) is 0 Å². The van der Waals surface area contributed by atoms with Gasteiger partial charge >= 0.3 is 5.69 Å². The van der Waals surface area contributed by atoms with Gasteiger partial charge in [-0.05, 0) is 26.2 Å². The molecule has 2 unspecified atom stereocenters. The molecule has 1 aliphatic rings. The summed E-state index contributed by atoms with van der Waals surface area (Å²) >= 11 is 1.44. The molecule has 106 valence electrons. The highest BCUT2D eigenvalue weighted by molar-refractivity contribution is 7.99. The van der Waals surface area contributed by atoms with Gasteiger partial charge in [-0.25, -0.2) is 9.89 Å². The van der Waals surface area contributed by atoms with Gasteiger partial charge in [0, 0.05) is 11.3 Å². The summed E-state index contributed by atoms with van der Waals surface area (Å²) in [4.78, 5) is 22.8. The van der Waals surface area contributed by atoms with Gasteiger partial charge in [-0.2, -0.15) is 0 Å². The minimum Gasteiger partial charge on any atom is -0.368 e. The fourth-order valence-electron chi connectivity index (χ4n) is 1.95. The van der Waals surface area contributed by atoms with Crippen molar-refractivity contribution in [3.05, 3.63) is 10.5 Å². The Kier molecular flexibility index (Phi) is 3.73. The van der Waals surface area contributed by atoms with Gasteiger partial charge < -0.3 is 11.5 Å². The summed E-state index contributed by atoms with van der Waals surface area (Å²) in [5, 5.41) is 7.18. The molecule has 0 bridgehead atoms. The number of aromatic nitrogens is 3. The number of nitrogens with one attached hydrogen (secondary N) is 1. The largest absolute Gasteiger partial charge is 0.368 e. The van der Waals surface area contributed by atoms with Crippen molar-refractivity contribution in [2.24, 2.45) is 11.5 Å². The molecule has 1 aliphatic carbocycles. The number of carbonyl (C=O) groups is 1. The van der Waals surface area contributed by atoms with Crippen LogP contribution < -0.4 is 17.2 Å². The monoisotopic (exact) mass is 285 g/mol. The fourth-order valence-corrected chi connectivity index (χ4v) is 3.18. The SMILES string of the molecule is CC(CC(C)(N)C(N)=O)Sc1n[nH]c(=O)n1C1CC1. The number of carbonyl (C=O) groups excluding carboxylic acids is 1. The zero-order chi connectivity index (χ0) is 14.2. The highest BCUT2D eigenvalue weighted by Gasteiger charge is 2.32. The summed E-state index contributed by atoms with van der Waals surface area (Å²) in [5.41, 5.74) is 9.87. The number of primary amides is 1. The van der Waals surface area contributed by atoms with Gasteiger partial charge in [0.2, 0.25) is 5.91 Å². The van der Waals surface area contributed by atoms with Crippen LogP contribution in [-0.4, -0.2) is 31.5 Å². The molecule has 1 heterocycles. The van der Waals surface area contributed by atoms with Crippen molar-refractivity contribution in [1.82, 2.24) is 14.8 Å². The lowest BCUT2D eigenvalue weighted by molar-refractivity contribution is -0.122. The predicted molar refractivity (Wildman–Crippen MR) is 72.8 cm³/mol. The Bertz CT molecular complexity index is 531. The molecular formula is C11H19N5O2S. The van der Waals surface area contributed by atoms with E-state index in [2.05, 4.69) is 10.2 Å². The normalized spacial score (nSPS) is 19.9. The minimum absolute atomic E-state index is 0.0372. The number of thioether (sulfide) groups is 1. The summed E-state index contributed by atoms with van der Waals surface area (Å²) in [6, 6.07) is 0.265. The molecule has 2 rings (SSSR count). The highest BCUT2D eigenvalue weighted by atomic mass is 32.2. The zero-order valence-electron chi connectivity index (χ0n) is 11.0. The average Bonchev–Trinajstić information content (AvgIpc) is 3.04. The van der Waals surface area contributed by atoms with E-state index in [1.165, 1.54) is 11.8 Å². The van der Waals surface area contributed by atoms with Gasteiger partial charge in [0.25, 0.3) is 0 Å². The smallest absolute Gasteiger partial charge is 0.344 e. The lowest BCUT2D eigenvalue weighted by Gasteiger charge is -2.23. The number of H-pyrrole nitrogens is 1. The highest BCUT2D eigenvalue weighted by Crippen LogP contribution is 2.37. The van der Waals surface area contributed by atoms with Gasteiger partial charge in [-0.15, -0.1) is 5.10 Å². The lowest BCUT2D eigenvalue weighted by Crippen LogP contribution is -2.50. The first kappa shape index (κ1) is 14.1. The van der Waals surface area contributed by atoms with Gasteiger partial charge in [-0.3, -0.25) is 9.36 Å². The predicted octanol–water partition coefficient (Wildman–Crippen LogP) is -0.0203. The molecular weight excluding hydrogens is 266 g/mol. The Morgan fingerprint density at radius 3 is 2.84 bits per heavy atom. The van der Waals surface area contributed by atoms with E-state index in [-0.39, 0.29) is 17.0 Å². The quantitative estimate of drug-likeness (QED) is 0.634. The van der Waals surface area contributed by atoms with Gasteiger partial charge in [-0.1, -0.05) is 18.7 Å². The fraction of sp³-hybridized carbons (Fsp3) is 0.727. The summed E-state index contributed by atoms with van der Waals surface area (Å²) in [5.74, 6) is -0.526. The first-order chi connectivity index (χ1) is 8.81. The molecule has 8 heteroatoms. The average molecular weight is 285 g/mol. The van der Waals surface area contributed by atoms with Crippen LogP contribution in [0.5, 0.6) is 0 Å². The Morgan fingerprint density at radius 2 is 2.32 bits per heavy atom. The van der Waals surface area contributed by atoms with E-state index in [9.17, 15) is 9.59 Å². The van der Waals surface area contributed by atoms with Crippen LogP contribution in [0, 0.1) is 0 Å². The third kappa shape index (κ3) is 3.19. The van der Waals surface area contributed by atoms with Crippen molar-refractivity contribution in [3.63, 3.8) is 0 Å². The van der Waals surface area contributed by atoms with Crippen molar-refractivity contribution in [3.8, 4) is 0 Å². The van der Waals surface area contributed by atoms with Crippen LogP contribution in [0.25, 0.3) is 0 Å². The van der Waals surface area contributed by atoms with Gasteiger partial charge in [0.1, 0.15) is 0 Å². The van der Waals surface area contributed by atoms with Crippen LogP contribution in [0.15, 0.2) is 9.95 Å². The Morgan fingerprint density at radius 1 is 1.68 bits per heavy atom. The summed E-state index contributed by atoms with van der Waals surface area (Å²) in [6.45, 7) is 3.56. The van der Waals surface area contributed by atoms with E-state index in [4.69, 9.17) is 11.5 Å². The second-order valence-electron chi connectivity index (χ2n) is 5.33. The van der Waals surface area contributed by atoms with Crippen LogP contribution in [0.2, 0.25) is 0 Å². The molecule has 2 atom stereocenters. The molecule has 0 spiro atoms. The van der Waals surface area contributed by atoms with E-state index in [1.807, 2.05) is 6.92 Å². The molecule has 0 radical (unpaired) electrons. The van der Waals surface area contributed by atoms with Crippen LogP contribution >= 0.6 is 11.8 Å². The van der Waals surface area contributed by atoms with Crippen molar-refractivity contribution < 1.29 is 4.79 Å². The van der Waals surface area contributed by atoms with E-state index in [0.29, 0.717) is 11.6 Å². The minimum atomic E-state index is -1.05. The number of nitrogens with zero attached hydrogens (tertiary/aromatic N) is 2. The third-order valence-electron chi connectivity index (χ3n) is 3.17. The Labute approximate surface area is 115 Å². The molecule has 1 fully saturated rings. The van der Waals surface area contributed by atoms with Crippen LogP contribution in [-0.2, 0) is 4.79 Å². The van der Waals surface area contributed by atoms with Crippen LogP contribution in [0.1, 0.15) is 39.2 Å². The number of hydrogen-bond donors (Lipinski definition) is 3. The zero-order valence-corrected chi connectivity index (χ0v) is 11.9. The molecule has 1 saturated carbocycles. The molecule has 19 heavy (non-hydrogen) atoms. The number of hydrogen-bond acceptors (Lipinski definition) is 5. The Balaban J connectivity index is 2.05. The maximum absolute atomic E-state index is 11.6. The second-order valence-corrected chi connectivity index (χ2v) is 6.73. The van der Waals surface area contributed by atoms with E-state index in [1.54, 1.807) is 11.5 Å². The second kappa shape index (κ2) is 5.01. The first-order valence-corrected chi connectivity index (χ1v) is 7.11. The summed E-state index contributed by atoms with van der Waals surface area (Å²) in [6.07, 6.45) is 2.45. The number of amides is 1. The maximum Gasteiger partial charge on any atom is 0.344 e. The Hall–Kier alpha value is -1.28. The maximum atomic E-state index is 11.6.